The minimum atomic E-state index is 0.0425. The summed E-state index contributed by atoms with van der Waals surface area (Å²) in [5.74, 6) is 1.05. The second-order valence-corrected chi connectivity index (χ2v) is 8.01. The SMILES string of the molecule is O=C(C[C@H]1COc2ccccc2N1Cc1ccccc1)NC1CCCCCC1. The second-order valence-electron chi connectivity index (χ2n) is 8.01. The summed E-state index contributed by atoms with van der Waals surface area (Å²) < 4.78 is 5.99. The lowest BCUT2D eigenvalue weighted by atomic mass is 10.0. The zero-order chi connectivity index (χ0) is 19.2. The number of benzene rings is 2. The monoisotopic (exact) mass is 378 g/mol. The molecule has 2 aliphatic rings. The Bertz CT molecular complexity index is 769. The fourth-order valence-corrected chi connectivity index (χ4v) is 4.38. The van der Waals surface area contributed by atoms with Gasteiger partial charge < -0.3 is 15.0 Å². The van der Waals surface area contributed by atoms with Crippen molar-refractivity contribution in [3.63, 3.8) is 0 Å². The smallest absolute Gasteiger partial charge is 0.222 e. The van der Waals surface area contributed by atoms with Crippen LogP contribution in [0.25, 0.3) is 0 Å². The molecule has 0 unspecified atom stereocenters. The molecule has 1 aliphatic heterocycles. The molecule has 1 N–H and O–H groups in total. The van der Waals surface area contributed by atoms with Gasteiger partial charge in [-0.15, -0.1) is 0 Å². The molecule has 0 radical (unpaired) electrons. The highest BCUT2D eigenvalue weighted by molar-refractivity contribution is 5.78. The molecule has 2 aromatic rings. The van der Waals surface area contributed by atoms with Crippen molar-refractivity contribution in [2.45, 2.75) is 63.6 Å². The summed E-state index contributed by atoms with van der Waals surface area (Å²) in [5.41, 5.74) is 2.32. The molecular formula is C24H30N2O2. The number of rotatable bonds is 5. The lowest BCUT2D eigenvalue weighted by Gasteiger charge is -2.38. The van der Waals surface area contributed by atoms with Gasteiger partial charge in [0.1, 0.15) is 12.4 Å². The standard InChI is InChI=1S/C24H30N2O2/c27-24(25-20-12-6-1-2-7-13-20)16-21-18-28-23-15-9-8-14-22(23)26(21)17-19-10-4-3-5-11-19/h3-5,8-11,14-15,20-21H,1-2,6-7,12-13,16-18H2,(H,25,27)/t21-/m0/s1. The van der Waals surface area contributed by atoms with Crippen molar-refractivity contribution in [1.82, 2.24) is 5.32 Å². The molecule has 0 saturated heterocycles. The van der Waals surface area contributed by atoms with Gasteiger partial charge in [0.05, 0.1) is 18.2 Å². The van der Waals surface area contributed by atoms with E-state index in [0.717, 1.165) is 30.8 Å². The van der Waals surface area contributed by atoms with Gasteiger partial charge in [0.25, 0.3) is 0 Å². The van der Waals surface area contributed by atoms with Crippen molar-refractivity contribution in [2.24, 2.45) is 0 Å². The number of ether oxygens (including phenoxy) is 1. The number of hydrogen-bond acceptors (Lipinski definition) is 3. The van der Waals surface area contributed by atoms with E-state index in [4.69, 9.17) is 4.74 Å². The lowest BCUT2D eigenvalue weighted by Crippen LogP contribution is -2.46. The topological polar surface area (TPSA) is 41.6 Å². The van der Waals surface area contributed by atoms with Crippen molar-refractivity contribution >= 4 is 11.6 Å². The molecule has 1 amide bonds. The largest absolute Gasteiger partial charge is 0.489 e. The first kappa shape index (κ1) is 18.9. The van der Waals surface area contributed by atoms with E-state index in [-0.39, 0.29) is 11.9 Å². The summed E-state index contributed by atoms with van der Waals surface area (Å²) in [5, 5.41) is 3.29. The van der Waals surface area contributed by atoms with Gasteiger partial charge in [-0.05, 0) is 30.5 Å². The second kappa shape index (κ2) is 9.13. The molecule has 1 saturated carbocycles. The van der Waals surface area contributed by atoms with Gasteiger partial charge in [-0.3, -0.25) is 4.79 Å². The van der Waals surface area contributed by atoms with Crippen LogP contribution < -0.4 is 15.0 Å². The number of carbonyl (C=O) groups is 1. The highest BCUT2D eigenvalue weighted by Gasteiger charge is 2.30. The zero-order valence-electron chi connectivity index (χ0n) is 16.5. The fourth-order valence-electron chi connectivity index (χ4n) is 4.38. The molecule has 0 aromatic heterocycles. The van der Waals surface area contributed by atoms with Crippen LogP contribution >= 0.6 is 0 Å². The summed E-state index contributed by atoms with van der Waals surface area (Å²) in [4.78, 5) is 15.1. The highest BCUT2D eigenvalue weighted by atomic mass is 16.5. The number of para-hydroxylation sites is 2. The normalized spacial score (nSPS) is 20.0. The average Bonchev–Trinajstić information content (AvgIpc) is 2.99. The molecule has 1 heterocycles. The minimum absolute atomic E-state index is 0.0425. The Morgan fingerprint density at radius 1 is 0.964 bits per heavy atom. The molecule has 1 aliphatic carbocycles. The molecule has 2 aromatic carbocycles. The average molecular weight is 379 g/mol. The van der Waals surface area contributed by atoms with Crippen LogP contribution in [0.15, 0.2) is 54.6 Å². The lowest BCUT2D eigenvalue weighted by molar-refractivity contribution is -0.122. The number of nitrogens with one attached hydrogen (secondary N) is 1. The summed E-state index contributed by atoms with van der Waals surface area (Å²) in [6.07, 6.45) is 7.75. The van der Waals surface area contributed by atoms with Crippen LogP contribution in [0.2, 0.25) is 0 Å². The maximum atomic E-state index is 12.8. The third kappa shape index (κ3) is 4.67. The molecule has 4 nitrogen and oxygen atoms in total. The molecule has 4 heteroatoms. The number of amides is 1. The van der Waals surface area contributed by atoms with Crippen LogP contribution in [0.4, 0.5) is 5.69 Å². The van der Waals surface area contributed by atoms with Crippen LogP contribution in [-0.4, -0.2) is 24.6 Å². The molecule has 1 atom stereocenters. The molecular weight excluding hydrogens is 348 g/mol. The molecule has 148 valence electrons. The van der Waals surface area contributed by atoms with Crippen molar-refractivity contribution < 1.29 is 9.53 Å². The Morgan fingerprint density at radius 2 is 1.68 bits per heavy atom. The van der Waals surface area contributed by atoms with E-state index < -0.39 is 0 Å². The summed E-state index contributed by atoms with van der Waals surface area (Å²) in [7, 11) is 0. The van der Waals surface area contributed by atoms with Crippen LogP contribution in [-0.2, 0) is 11.3 Å². The maximum absolute atomic E-state index is 12.8. The number of nitrogens with zero attached hydrogens (tertiary/aromatic N) is 1. The number of anilines is 1. The Kier molecular flexibility index (Phi) is 6.15. The molecule has 4 rings (SSSR count). The maximum Gasteiger partial charge on any atom is 0.222 e. The molecule has 1 fully saturated rings. The van der Waals surface area contributed by atoms with E-state index in [1.54, 1.807) is 0 Å². The van der Waals surface area contributed by atoms with Gasteiger partial charge in [0.2, 0.25) is 5.91 Å². The van der Waals surface area contributed by atoms with Crippen LogP contribution in [0, 0.1) is 0 Å². The van der Waals surface area contributed by atoms with Crippen LogP contribution in [0.3, 0.4) is 0 Å². The fraction of sp³-hybridized carbons (Fsp3) is 0.458. The van der Waals surface area contributed by atoms with E-state index in [2.05, 4.69) is 40.5 Å². The summed E-state index contributed by atoms with van der Waals surface area (Å²) in [6.45, 7) is 1.32. The molecule has 0 spiro atoms. The molecule has 0 bridgehead atoms. The van der Waals surface area contributed by atoms with E-state index in [1.807, 2.05) is 24.3 Å². The van der Waals surface area contributed by atoms with E-state index >= 15 is 0 Å². The quantitative estimate of drug-likeness (QED) is 0.768. The summed E-state index contributed by atoms with van der Waals surface area (Å²) >= 11 is 0. The van der Waals surface area contributed by atoms with E-state index in [9.17, 15) is 4.79 Å². The van der Waals surface area contributed by atoms with Crippen LogP contribution in [0.1, 0.15) is 50.5 Å². The number of fused-ring (bicyclic) bond motifs is 1. The first-order valence-corrected chi connectivity index (χ1v) is 10.6. The van der Waals surface area contributed by atoms with Gasteiger partial charge >= 0.3 is 0 Å². The number of carbonyl (C=O) groups excluding carboxylic acids is 1. The van der Waals surface area contributed by atoms with E-state index in [1.165, 1.54) is 31.2 Å². The van der Waals surface area contributed by atoms with E-state index in [0.29, 0.717) is 19.1 Å². The highest BCUT2D eigenvalue weighted by Crippen LogP contribution is 2.35. The van der Waals surface area contributed by atoms with Crippen molar-refractivity contribution in [3.8, 4) is 5.75 Å². The van der Waals surface area contributed by atoms with Gasteiger partial charge in [-0.2, -0.15) is 0 Å². The predicted molar refractivity (Wildman–Crippen MR) is 113 cm³/mol. The van der Waals surface area contributed by atoms with Gasteiger partial charge in [0.15, 0.2) is 0 Å². The summed E-state index contributed by atoms with van der Waals surface area (Å²) in [6, 6.07) is 19.0. The van der Waals surface area contributed by atoms with Crippen LogP contribution in [0.5, 0.6) is 5.75 Å². The Hall–Kier alpha value is -2.49. The Balaban J connectivity index is 1.47. The van der Waals surface area contributed by atoms with Gasteiger partial charge in [0, 0.05) is 12.6 Å². The first-order valence-electron chi connectivity index (χ1n) is 10.6. The zero-order valence-corrected chi connectivity index (χ0v) is 16.5. The predicted octanol–water partition coefficient (Wildman–Crippen LogP) is 4.68. The number of hydrogen-bond donors (Lipinski definition) is 1. The van der Waals surface area contributed by atoms with Gasteiger partial charge in [-0.25, -0.2) is 0 Å². The van der Waals surface area contributed by atoms with Gasteiger partial charge in [-0.1, -0.05) is 68.1 Å². The van der Waals surface area contributed by atoms with Crippen molar-refractivity contribution in [1.29, 1.82) is 0 Å². The third-order valence-corrected chi connectivity index (χ3v) is 5.88. The molecule has 28 heavy (non-hydrogen) atoms. The third-order valence-electron chi connectivity index (χ3n) is 5.88. The first-order chi connectivity index (χ1) is 13.8. The minimum Gasteiger partial charge on any atom is -0.489 e. The Labute approximate surface area is 167 Å². The van der Waals surface area contributed by atoms with Crippen molar-refractivity contribution in [2.75, 3.05) is 11.5 Å². The Morgan fingerprint density at radius 3 is 2.46 bits per heavy atom. The van der Waals surface area contributed by atoms with Crippen molar-refractivity contribution in [3.05, 3.63) is 60.2 Å².